The van der Waals surface area contributed by atoms with Crippen molar-refractivity contribution in [3.63, 3.8) is 0 Å². The largest absolute Gasteiger partial charge is 2.00 e. The smallest absolute Gasteiger partial charge is 0.411 e. The van der Waals surface area contributed by atoms with Gasteiger partial charge in [0.1, 0.15) is 0 Å². The molecule has 0 radical (unpaired) electrons. The average Bonchev–Trinajstić information content (AvgIpc) is 2.71. The van der Waals surface area contributed by atoms with E-state index in [-0.39, 0.29) is 36.2 Å². The van der Waals surface area contributed by atoms with Gasteiger partial charge in [0.05, 0.1) is 24.5 Å². The zero-order valence-corrected chi connectivity index (χ0v) is 28.9. The number of hydrogen-bond donors (Lipinski definition) is 3. The summed E-state index contributed by atoms with van der Waals surface area (Å²) in [5.74, 6) is 0. The maximum atomic E-state index is 5.05. The van der Waals surface area contributed by atoms with Crippen LogP contribution in [0.2, 0.25) is 0 Å². The van der Waals surface area contributed by atoms with E-state index in [2.05, 4.69) is 62.4 Å². The first-order valence-corrected chi connectivity index (χ1v) is 15.0. The summed E-state index contributed by atoms with van der Waals surface area (Å²) in [6.07, 6.45) is 10.3. The molecule has 0 spiro atoms. The zero-order chi connectivity index (χ0) is 27.8. The van der Waals surface area contributed by atoms with Gasteiger partial charge in [-0.25, -0.2) is 0 Å². The minimum absolute atomic E-state index is 0. The van der Waals surface area contributed by atoms with Gasteiger partial charge < -0.3 is 95.4 Å². The Morgan fingerprint density at radius 1 is 0.703 bits per heavy atom. The summed E-state index contributed by atoms with van der Waals surface area (Å²) in [7, 11) is 0. The fourth-order valence-electron chi connectivity index (χ4n) is 4.08. The zero-order valence-electron chi connectivity index (χ0n) is 23.0. The van der Waals surface area contributed by atoms with Crippen LogP contribution in [0.3, 0.4) is 0 Å². The first-order valence-electron chi connectivity index (χ1n) is 12.5. The van der Waals surface area contributed by atoms with Crippen molar-refractivity contribution >= 4 is 98.9 Å². The Kier molecular flexibility index (Phi) is 22.1. The van der Waals surface area contributed by atoms with Crippen LogP contribution in [0, 0.1) is 0 Å². The standard InChI is InChI=1S/C9H19NS2.C9H19N.C8H8N2S4.Ni/c1-8(2,3)10(7(11)12)9(4,5)6;1-2-4-6-8-10-9-7-5-3-1;11-7(12)9-5-3-1-2-4-6(5)10-8(13)14;/h1-6H3,(H,11,12);10H,1-9H2;1-4H,(H2,9,11,12)(H2,10,13,14);/q;;;+2/p-2. The molecular weight excluding hydrogens is 619 g/mol. The van der Waals surface area contributed by atoms with Gasteiger partial charge in [0, 0.05) is 11.1 Å². The van der Waals surface area contributed by atoms with Gasteiger partial charge in [0.15, 0.2) is 0 Å². The number of hydrogen-bond acceptors (Lipinski definition) is 6. The summed E-state index contributed by atoms with van der Waals surface area (Å²) in [5.41, 5.74) is 1.58. The third kappa shape index (κ3) is 20.6. The van der Waals surface area contributed by atoms with Gasteiger partial charge in [-0.3, -0.25) is 0 Å². The SMILES string of the molecule is C1CCCC[NH2+]CCCC1.CC(C)(C)N(C(=S)[S-])C(C)(C)C.S=C([S-])Nc1ccccc1NC(=S)[S-].[Ni+2]. The topological polar surface area (TPSA) is 43.9 Å². The third-order valence-electron chi connectivity index (χ3n) is 5.24. The number of nitrogens with zero attached hydrogens (tertiary/aromatic N) is 1. The van der Waals surface area contributed by atoms with Crippen LogP contribution < -0.4 is 16.0 Å². The van der Waals surface area contributed by atoms with Gasteiger partial charge in [0.2, 0.25) is 0 Å². The fourth-order valence-corrected chi connectivity index (χ4v) is 5.62. The van der Waals surface area contributed by atoms with Crippen LogP contribution in [0.1, 0.15) is 86.5 Å². The van der Waals surface area contributed by atoms with Crippen molar-refractivity contribution < 1.29 is 21.8 Å². The normalized spacial score (nSPS) is 14.1. The summed E-state index contributed by atoms with van der Waals surface area (Å²) >= 11 is 29.2. The van der Waals surface area contributed by atoms with Crippen LogP contribution in [0.25, 0.3) is 0 Å². The number of thiocarbonyl (C=S) groups is 3. The van der Waals surface area contributed by atoms with Crippen molar-refractivity contribution in [1.29, 1.82) is 0 Å². The molecule has 1 aliphatic rings. The molecule has 4 nitrogen and oxygen atoms in total. The molecule has 0 unspecified atom stereocenters. The van der Waals surface area contributed by atoms with Gasteiger partial charge in [-0.2, -0.15) is 0 Å². The van der Waals surface area contributed by atoms with E-state index in [9.17, 15) is 0 Å². The number of quaternary nitrogens is 1. The molecule has 1 aromatic rings. The van der Waals surface area contributed by atoms with Crippen molar-refractivity contribution in [2.45, 2.75) is 97.6 Å². The van der Waals surface area contributed by atoms with Crippen molar-refractivity contribution in [3.8, 4) is 0 Å². The molecule has 1 aliphatic heterocycles. The van der Waals surface area contributed by atoms with Gasteiger partial charge >= 0.3 is 16.5 Å². The Labute approximate surface area is 269 Å². The van der Waals surface area contributed by atoms with E-state index in [1.165, 1.54) is 58.0 Å². The van der Waals surface area contributed by atoms with E-state index in [0.717, 1.165) is 11.4 Å². The van der Waals surface area contributed by atoms with Crippen molar-refractivity contribution in [3.05, 3.63) is 24.3 Å². The molecule has 214 valence electrons. The fraction of sp³-hybridized carbons (Fsp3) is 0.654. The molecule has 0 aromatic heterocycles. The molecule has 0 aliphatic carbocycles. The van der Waals surface area contributed by atoms with E-state index < -0.39 is 0 Å². The number of rotatable bonds is 2. The summed E-state index contributed by atoms with van der Waals surface area (Å²) < 4.78 is 1.12. The number of benzene rings is 1. The predicted octanol–water partition coefficient (Wildman–Crippen LogP) is 6.18. The molecule has 2 rings (SSSR count). The van der Waals surface area contributed by atoms with Gasteiger partial charge in [-0.1, -0.05) is 44.4 Å². The molecule has 1 saturated heterocycles. The first-order chi connectivity index (χ1) is 16.7. The molecule has 37 heavy (non-hydrogen) atoms. The van der Waals surface area contributed by atoms with Crippen molar-refractivity contribution in [2.24, 2.45) is 0 Å². The van der Waals surface area contributed by atoms with Crippen molar-refractivity contribution in [1.82, 2.24) is 4.90 Å². The molecule has 0 atom stereocenters. The predicted molar refractivity (Wildman–Crippen MR) is 179 cm³/mol. The molecule has 1 heterocycles. The Morgan fingerprint density at radius 3 is 1.27 bits per heavy atom. The Morgan fingerprint density at radius 2 is 1.03 bits per heavy atom. The minimum atomic E-state index is 0. The summed E-state index contributed by atoms with van der Waals surface area (Å²) in [5, 5.41) is 8.19. The van der Waals surface area contributed by atoms with Crippen LogP contribution in [0.15, 0.2) is 24.3 Å². The number of para-hydroxylation sites is 2. The molecule has 0 bridgehead atoms. The van der Waals surface area contributed by atoms with Crippen LogP contribution in [0.5, 0.6) is 0 Å². The molecule has 0 amide bonds. The maximum absolute atomic E-state index is 5.05. The first kappa shape index (κ1) is 39.1. The summed E-state index contributed by atoms with van der Waals surface area (Å²) in [6, 6.07) is 7.42. The Hall–Kier alpha value is 0.00351. The second kappa shape index (κ2) is 20.8. The van der Waals surface area contributed by atoms with Crippen LogP contribution in [-0.2, 0) is 54.4 Å². The third-order valence-corrected chi connectivity index (χ3v) is 6.01. The number of anilines is 2. The van der Waals surface area contributed by atoms with Gasteiger partial charge in [0.25, 0.3) is 0 Å². The van der Waals surface area contributed by atoms with Crippen molar-refractivity contribution in [2.75, 3.05) is 23.7 Å². The monoisotopic (exact) mass is 662 g/mol. The molecule has 1 aromatic carbocycles. The van der Waals surface area contributed by atoms with Gasteiger partial charge in [-0.15, -0.1) is 0 Å². The van der Waals surface area contributed by atoms with Crippen LogP contribution in [0.4, 0.5) is 11.4 Å². The molecule has 11 heteroatoms. The molecular formula is C26H44N4NiS6. The van der Waals surface area contributed by atoms with E-state index in [4.69, 9.17) is 74.5 Å². The number of nitrogens with two attached hydrogens (primary N) is 1. The Bertz CT molecular complexity index is 727. The van der Waals surface area contributed by atoms with E-state index in [1.54, 1.807) is 0 Å². The maximum Gasteiger partial charge on any atom is 2.00 e. The summed E-state index contributed by atoms with van der Waals surface area (Å²) in [4.78, 5) is 2.09. The second-order valence-corrected chi connectivity index (χ2v) is 13.8. The quantitative estimate of drug-likeness (QED) is 0.196. The van der Waals surface area contributed by atoms with E-state index in [1.807, 2.05) is 24.3 Å². The van der Waals surface area contributed by atoms with Gasteiger partial charge in [-0.05, 0) is 79.4 Å². The van der Waals surface area contributed by atoms with Crippen LogP contribution >= 0.6 is 36.7 Å². The Balaban J connectivity index is 0. The molecule has 0 saturated carbocycles. The average molecular weight is 664 g/mol. The number of nitrogens with one attached hydrogen (secondary N) is 2. The molecule has 1 fully saturated rings. The summed E-state index contributed by atoms with van der Waals surface area (Å²) in [6.45, 7) is 15.5. The molecule has 4 N–H and O–H groups in total. The van der Waals surface area contributed by atoms with E-state index >= 15 is 0 Å². The minimum Gasteiger partial charge on any atom is -0.411 e. The van der Waals surface area contributed by atoms with E-state index in [0.29, 0.717) is 4.32 Å². The second-order valence-electron chi connectivity index (χ2n) is 10.7. The van der Waals surface area contributed by atoms with Crippen LogP contribution in [-0.4, -0.2) is 42.0 Å².